The van der Waals surface area contributed by atoms with E-state index < -0.39 is 10.0 Å². The van der Waals surface area contributed by atoms with Gasteiger partial charge >= 0.3 is 0 Å². The molecule has 1 aromatic carbocycles. The van der Waals surface area contributed by atoms with Gasteiger partial charge in [0.1, 0.15) is 0 Å². The second-order valence-corrected chi connectivity index (χ2v) is 7.81. The molecule has 0 aliphatic heterocycles. The van der Waals surface area contributed by atoms with Crippen molar-refractivity contribution in [1.82, 2.24) is 4.83 Å². The smallest absolute Gasteiger partial charge is 0.200 e. The van der Waals surface area contributed by atoms with Crippen molar-refractivity contribution >= 4 is 31.7 Å². The van der Waals surface area contributed by atoms with E-state index in [-0.39, 0.29) is 4.90 Å². The third-order valence-electron chi connectivity index (χ3n) is 3.94. The lowest BCUT2D eigenvalue weighted by molar-refractivity contribution is 0.579. The summed E-state index contributed by atoms with van der Waals surface area (Å²) in [5, 5.41) is 4.14. The van der Waals surface area contributed by atoms with Crippen molar-refractivity contribution in [3.63, 3.8) is 0 Å². The van der Waals surface area contributed by atoms with Crippen molar-refractivity contribution in [2.45, 2.75) is 30.6 Å². The van der Waals surface area contributed by atoms with Crippen molar-refractivity contribution in [3.05, 3.63) is 28.7 Å². The third kappa shape index (κ3) is 2.69. The molecule has 19 heavy (non-hydrogen) atoms. The molecule has 1 aromatic rings. The fourth-order valence-electron chi connectivity index (χ4n) is 2.95. The molecule has 0 radical (unpaired) electrons. The van der Waals surface area contributed by atoms with E-state index >= 15 is 0 Å². The Morgan fingerprint density at radius 1 is 1.21 bits per heavy atom. The fourth-order valence-corrected chi connectivity index (χ4v) is 4.05. The van der Waals surface area contributed by atoms with E-state index in [1.165, 1.54) is 12.8 Å². The molecule has 0 heterocycles. The van der Waals surface area contributed by atoms with Gasteiger partial charge in [-0.1, -0.05) is 15.9 Å². The van der Waals surface area contributed by atoms with Gasteiger partial charge in [-0.2, -0.15) is 13.5 Å². The molecule has 0 amide bonds. The van der Waals surface area contributed by atoms with Gasteiger partial charge in [0.15, 0.2) is 0 Å². The van der Waals surface area contributed by atoms with Gasteiger partial charge in [-0.25, -0.2) is 4.83 Å². The van der Waals surface area contributed by atoms with Gasteiger partial charge in [0.25, 0.3) is 10.0 Å². The molecule has 2 fully saturated rings. The molecule has 2 aliphatic carbocycles. The fraction of sp³-hybridized carbons (Fsp3) is 0.462. The summed E-state index contributed by atoms with van der Waals surface area (Å²) in [5.74, 6) is 1.22. The molecule has 2 saturated carbocycles. The molecule has 2 bridgehead atoms. The maximum absolute atomic E-state index is 12.1. The molecule has 0 saturated heterocycles. The molecular formula is C13H15BrN2O2S. The Morgan fingerprint density at radius 2 is 1.95 bits per heavy atom. The van der Waals surface area contributed by atoms with E-state index in [4.69, 9.17) is 0 Å². The Hall–Kier alpha value is -0.880. The molecule has 102 valence electrons. The lowest BCUT2D eigenvalue weighted by atomic mass is 9.99. The Labute approximate surface area is 121 Å². The van der Waals surface area contributed by atoms with Gasteiger partial charge in [0.05, 0.1) is 4.90 Å². The summed E-state index contributed by atoms with van der Waals surface area (Å²) in [6.45, 7) is 0. The molecule has 2 aliphatic rings. The van der Waals surface area contributed by atoms with Crippen LogP contribution in [0.4, 0.5) is 0 Å². The van der Waals surface area contributed by atoms with Crippen LogP contribution in [0, 0.1) is 11.8 Å². The maximum atomic E-state index is 12.1. The van der Waals surface area contributed by atoms with Crippen molar-refractivity contribution in [1.29, 1.82) is 0 Å². The van der Waals surface area contributed by atoms with Crippen molar-refractivity contribution in [3.8, 4) is 0 Å². The number of nitrogens with zero attached hydrogens (tertiary/aromatic N) is 1. The number of benzene rings is 1. The number of sulfonamides is 1. The van der Waals surface area contributed by atoms with Gasteiger partial charge < -0.3 is 0 Å². The van der Waals surface area contributed by atoms with Crippen LogP contribution < -0.4 is 4.83 Å². The quantitative estimate of drug-likeness (QED) is 0.858. The van der Waals surface area contributed by atoms with Crippen LogP contribution in [0.15, 0.2) is 38.7 Å². The summed E-state index contributed by atoms with van der Waals surface area (Å²) < 4.78 is 25.0. The zero-order valence-corrected chi connectivity index (χ0v) is 12.7. The van der Waals surface area contributed by atoms with Crippen molar-refractivity contribution in [2.75, 3.05) is 0 Å². The van der Waals surface area contributed by atoms with E-state index in [1.54, 1.807) is 24.3 Å². The number of nitrogens with one attached hydrogen (secondary N) is 1. The second-order valence-electron chi connectivity index (χ2n) is 5.23. The van der Waals surface area contributed by atoms with Crippen LogP contribution in [-0.4, -0.2) is 14.1 Å². The molecule has 2 unspecified atom stereocenters. The molecule has 2 atom stereocenters. The van der Waals surface area contributed by atoms with Crippen molar-refractivity contribution < 1.29 is 8.42 Å². The van der Waals surface area contributed by atoms with Gasteiger partial charge in [0.2, 0.25) is 0 Å². The van der Waals surface area contributed by atoms with Gasteiger partial charge in [-0.3, -0.25) is 0 Å². The Kier molecular flexibility index (Phi) is 3.39. The largest absolute Gasteiger partial charge is 0.276 e. The summed E-state index contributed by atoms with van der Waals surface area (Å²) in [6.07, 6.45) is 4.55. The van der Waals surface area contributed by atoms with Crippen LogP contribution in [0.1, 0.15) is 25.7 Å². The molecule has 3 rings (SSSR count). The first-order valence-corrected chi connectivity index (χ1v) is 8.66. The minimum atomic E-state index is -3.54. The molecule has 6 heteroatoms. The van der Waals surface area contributed by atoms with Crippen LogP contribution in [0.2, 0.25) is 0 Å². The first-order valence-electron chi connectivity index (χ1n) is 6.38. The van der Waals surface area contributed by atoms with Gasteiger partial charge in [-0.05, 0) is 61.8 Å². The highest BCUT2D eigenvalue weighted by Gasteiger charge is 2.36. The second kappa shape index (κ2) is 4.90. The predicted octanol–water partition coefficient (Wildman–Crippen LogP) is 2.90. The van der Waals surface area contributed by atoms with E-state index in [0.29, 0.717) is 5.92 Å². The highest BCUT2D eigenvalue weighted by atomic mass is 79.9. The Bertz CT molecular complexity index is 610. The monoisotopic (exact) mass is 342 g/mol. The molecule has 4 nitrogen and oxygen atoms in total. The maximum Gasteiger partial charge on any atom is 0.276 e. The standard InChI is InChI=1S/C13H15BrN2O2S/c14-11-3-5-12(6-4-11)19(17,18)16-15-13-8-9-1-2-10(13)7-9/h3-6,9-10,16H,1-2,7-8H2. The number of halogens is 1. The summed E-state index contributed by atoms with van der Waals surface area (Å²) in [5.41, 5.74) is 1.02. The first-order chi connectivity index (χ1) is 9.04. The normalized spacial score (nSPS) is 27.9. The zero-order chi connectivity index (χ0) is 13.5. The number of rotatable bonds is 3. The van der Waals surface area contributed by atoms with E-state index in [2.05, 4.69) is 25.9 Å². The van der Waals surface area contributed by atoms with E-state index in [1.807, 2.05) is 0 Å². The lowest BCUT2D eigenvalue weighted by Crippen LogP contribution is -2.22. The van der Waals surface area contributed by atoms with E-state index in [0.717, 1.165) is 28.9 Å². The SMILES string of the molecule is O=S(=O)(NN=C1CC2CCC1C2)c1ccc(Br)cc1. The van der Waals surface area contributed by atoms with Gasteiger partial charge in [0, 0.05) is 10.2 Å². The van der Waals surface area contributed by atoms with Crippen LogP contribution in [0.25, 0.3) is 0 Å². The minimum absolute atomic E-state index is 0.239. The van der Waals surface area contributed by atoms with Gasteiger partial charge in [-0.15, -0.1) is 0 Å². The molecule has 0 spiro atoms. The zero-order valence-electron chi connectivity index (χ0n) is 10.3. The average Bonchev–Trinajstić information content (AvgIpc) is 2.99. The summed E-state index contributed by atoms with van der Waals surface area (Å²) >= 11 is 3.28. The minimum Gasteiger partial charge on any atom is -0.200 e. The number of hydrazone groups is 1. The Morgan fingerprint density at radius 3 is 2.53 bits per heavy atom. The summed E-state index contributed by atoms with van der Waals surface area (Å²) in [4.78, 5) is 2.61. The van der Waals surface area contributed by atoms with Crippen molar-refractivity contribution in [2.24, 2.45) is 16.9 Å². The number of fused-ring (bicyclic) bond motifs is 2. The Balaban J connectivity index is 1.75. The number of hydrogen-bond acceptors (Lipinski definition) is 3. The van der Waals surface area contributed by atoms with Crippen LogP contribution in [-0.2, 0) is 10.0 Å². The lowest BCUT2D eigenvalue weighted by Gasteiger charge is -2.12. The van der Waals surface area contributed by atoms with Crippen LogP contribution in [0.3, 0.4) is 0 Å². The topological polar surface area (TPSA) is 58.5 Å². The van der Waals surface area contributed by atoms with Crippen LogP contribution >= 0.6 is 15.9 Å². The molecular weight excluding hydrogens is 328 g/mol. The highest BCUT2D eigenvalue weighted by molar-refractivity contribution is 9.10. The number of hydrogen-bond donors (Lipinski definition) is 1. The highest BCUT2D eigenvalue weighted by Crippen LogP contribution is 2.42. The third-order valence-corrected chi connectivity index (χ3v) is 5.70. The first kappa shape index (κ1) is 13.1. The average molecular weight is 343 g/mol. The molecule has 0 aromatic heterocycles. The summed E-state index contributed by atoms with van der Waals surface area (Å²) in [6, 6.07) is 6.54. The molecule has 1 N–H and O–H groups in total. The summed E-state index contributed by atoms with van der Waals surface area (Å²) in [7, 11) is -3.54. The van der Waals surface area contributed by atoms with E-state index in [9.17, 15) is 8.42 Å². The van der Waals surface area contributed by atoms with Crippen LogP contribution in [0.5, 0.6) is 0 Å². The predicted molar refractivity (Wildman–Crippen MR) is 77.3 cm³/mol.